The first kappa shape index (κ1) is 12.2. The number of hydrogen-bond donors (Lipinski definition) is 1. The summed E-state index contributed by atoms with van der Waals surface area (Å²) in [7, 11) is 2.05. The van der Waals surface area contributed by atoms with E-state index in [9.17, 15) is 0 Å². The van der Waals surface area contributed by atoms with Crippen LogP contribution in [0.15, 0.2) is 12.1 Å². The van der Waals surface area contributed by atoms with E-state index in [4.69, 9.17) is 10.5 Å². The molecule has 0 spiro atoms. The zero-order valence-electron chi connectivity index (χ0n) is 10.6. The van der Waals surface area contributed by atoms with Crippen LogP contribution in [0, 0.1) is 12.8 Å². The highest BCUT2D eigenvalue weighted by Gasteiger charge is 2.17. The predicted molar refractivity (Wildman–Crippen MR) is 70.2 cm³/mol. The van der Waals surface area contributed by atoms with Crippen LogP contribution >= 0.6 is 0 Å². The van der Waals surface area contributed by atoms with Gasteiger partial charge in [-0.05, 0) is 37.8 Å². The summed E-state index contributed by atoms with van der Waals surface area (Å²) in [6.45, 7) is 4.71. The van der Waals surface area contributed by atoms with Gasteiger partial charge in [0.05, 0.1) is 12.3 Å². The van der Waals surface area contributed by atoms with Gasteiger partial charge in [0.2, 0.25) is 0 Å². The average molecular weight is 235 g/mol. The van der Waals surface area contributed by atoms with E-state index >= 15 is 0 Å². The fourth-order valence-corrected chi connectivity index (χ4v) is 2.28. The fourth-order valence-electron chi connectivity index (χ4n) is 2.28. The zero-order valence-corrected chi connectivity index (χ0v) is 10.6. The first-order valence-corrected chi connectivity index (χ1v) is 6.19. The predicted octanol–water partition coefficient (Wildman–Crippen LogP) is 1.84. The molecule has 1 aromatic heterocycles. The molecule has 17 heavy (non-hydrogen) atoms. The Morgan fingerprint density at radius 1 is 1.53 bits per heavy atom. The Kier molecular flexibility index (Phi) is 3.84. The van der Waals surface area contributed by atoms with Crippen LogP contribution in [0.4, 0.5) is 11.5 Å². The number of aryl methyl sites for hydroxylation is 1. The number of nitrogen functional groups attached to an aromatic ring is 1. The maximum Gasteiger partial charge on any atom is 0.151 e. The number of aromatic nitrogens is 1. The minimum Gasteiger partial charge on any atom is -0.396 e. The molecule has 1 saturated heterocycles. The molecule has 94 valence electrons. The molecule has 1 aromatic rings. The lowest BCUT2D eigenvalue weighted by atomic mass is 10.0. The second-order valence-corrected chi connectivity index (χ2v) is 4.83. The van der Waals surface area contributed by atoms with Crippen LogP contribution in [0.5, 0.6) is 0 Å². The van der Waals surface area contributed by atoms with Gasteiger partial charge in [0, 0.05) is 25.9 Å². The summed E-state index contributed by atoms with van der Waals surface area (Å²) in [5.41, 5.74) is 7.71. The summed E-state index contributed by atoms with van der Waals surface area (Å²) >= 11 is 0. The summed E-state index contributed by atoms with van der Waals surface area (Å²) < 4.78 is 5.49. The van der Waals surface area contributed by atoms with Gasteiger partial charge in [0.15, 0.2) is 5.82 Å². The maximum absolute atomic E-state index is 5.96. The van der Waals surface area contributed by atoms with Crippen LogP contribution in [0.25, 0.3) is 0 Å². The van der Waals surface area contributed by atoms with Gasteiger partial charge in [0.1, 0.15) is 0 Å². The van der Waals surface area contributed by atoms with Gasteiger partial charge in [0.25, 0.3) is 0 Å². The quantitative estimate of drug-likeness (QED) is 0.868. The minimum atomic E-state index is 0.593. The summed E-state index contributed by atoms with van der Waals surface area (Å²) in [6, 6.07) is 3.86. The lowest BCUT2D eigenvalue weighted by Crippen LogP contribution is -2.31. The molecule has 1 aliphatic rings. The Hall–Kier alpha value is -1.29. The largest absolute Gasteiger partial charge is 0.396 e. The van der Waals surface area contributed by atoms with E-state index < -0.39 is 0 Å². The van der Waals surface area contributed by atoms with Crippen molar-refractivity contribution in [1.29, 1.82) is 0 Å². The lowest BCUT2D eigenvalue weighted by Gasteiger charge is -2.28. The van der Waals surface area contributed by atoms with Crippen LogP contribution in [-0.4, -0.2) is 31.8 Å². The Labute approximate surface area is 103 Å². The summed E-state index contributed by atoms with van der Waals surface area (Å²) in [5.74, 6) is 1.48. The molecule has 1 unspecified atom stereocenters. The van der Waals surface area contributed by atoms with E-state index in [1.807, 2.05) is 26.1 Å². The molecule has 1 aliphatic heterocycles. The topological polar surface area (TPSA) is 51.4 Å². The number of nitrogens with two attached hydrogens (primary N) is 1. The van der Waals surface area contributed by atoms with Crippen molar-refractivity contribution in [3.8, 4) is 0 Å². The molecule has 2 heterocycles. The molecule has 1 atom stereocenters. The number of anilines is 2. The monoisotopic (exact) mass is 235 g/mol. The normalized spacial score (nSPS) is 20.2. The van der Waals surface area contributed by atoms with Crippen LogP contribution < -0.4 is 10.6 Å². The minimum absolute atomic E-state index is 0.593. The molecule has 0 bridgehead atoms. The van der Waals surface area contributed by atoms with Crippen molar-refractivity contribution in [1.82, 2.24) is 4.98 Å². The lowest BCUT2D eigenvalue weighted by molar-refractivity contribution is 0.0576. The average Bonchev–Trinajstić information content (AvgIpc) is 2.33. The first-order chi connectivity index (χ1) is 8.16. The molecule has 0 aromatic carbocycles. The van der Waals surface area contributed by atoms with Gasteiger partial charge in [-0.3, -0.25) is 0 Å². The maximum atomic E-state index is 5.96. The van der Waals surface area contributed by atoms with Crippen molar-refractivity contribution >= 4 is 11.5 Å². The summed E-state index contributed by atoms with van der Waals surface area (Å²) in [5, 5.41) is 0. The van der Waals surface area contributed by atoms with E-state index in [1.54, 1.807) is 0 Å². The van der Waals surface area contributed by atoms with Gasteiger partial charge in [-0.1, -0.05) is 0 Å². The van der Waals surface area contributed by atoms with Crippen molar-refractivity contribution in [3.63, 3.8) is 0 Å². The van der Waals surface area contributed by atoms with Crippen LogP contribution in [0.3, 0.4) is 0 Å². The number of ether oxygens (including phenoxy) is 1. The van der Waals surface area contributed by atoms with Crippen LogP contribution in [-0.2, 0) is 4.74 Å². The van der Waals surface area contributed by atoms with E-state index in [-0.39, 0.29) is 0 Å². The molecule has 1 fully saturated rings. The SMILES string of the molecule is Cc1ccc(N)c(N(C)CC2CCCOC2)n1. The third-order valence-electron chi connectivity index (χ3n) is 3.19. The molecule has 4 nitrogen and oxygen atoms in total. The first-order valence-electron chi connectivity index (χ1n) is 6.19. The van der Waals surface area contributed by atoms with E-state index in [2.05, 4.69) is 9.88 Å². The second-order valence-electron chi connectivity index (χ2n) is 4.83. The Balaban J connectivity index is 2.02. The summed E-state index contributed by atoms with van der Waals surface area (Å²) in [6.07, 6.45) is 2.39. The zero-order chi connectivity index (χ0) is 12.3. The summed E-state index contributed by atoms with van der Waals surface area (Å²) in [4.78, 5) is 6.64. The highest BCUT2D eigenvalue weighted by atomic mass is 16.5. The van der Waals surface area contributed by atoms with E-state index in [0.717, 1.165) is 43.4 Å². The van der Waals surface area contributed by atoms with E-state index in [1.165, 1.54) is 6.42 Å². The molecule has 0 amide bonds. The fraction of sp³-hybridized carbons (Fsp3) is 0.615. The third-order valence-corrected chi connectivity index (χ3v) is 3.19. The number of hydrogen-bond acceptors (Lipinski definition) is 4. The molecule has 0 aliphatic carbocycles. The Morgan fingerprint density at radius 2 is 2.35 bits per heavy atom. The van der Waals surface area contributed by atoms with Crippen LogP contribution in [0.2, 0.25) is 0 Å². The number of pyridine rings is 1. The Morgan fingerprint density at radius 3 is 3.06 bits per heavy atom. The van der Waals surface area contributed by atoms with Gasteiger partial charge >= 0.3 is 0 Å². The van der Waals surface area contributed by atoms with Crippen molar-refractivity contribution in [2.45, 2.75) is 19.8 Å². The molecule has 2 rings (SSSR count). The van der Waals surface area contributed by atoms with Crippen molar-refractivity contribution in [2.24, 2.45) is 5.92 Å². The van der Waals surface area contributed by atoms with Crippen molar-refractivity contribution < 1.29 is 4.74 Å². The van der Waals surface area contributed by atoms with Gasteiger partial charge in [-0.2, -0.15) is 0 Å². The van der Waals surface area contributed by atoms with E-state index in [0.29, 0.717) is 5.92 Å². The standard InChI is InChI=1S/C13H21N3O/c1-10-5-6-12(14)13(15-10)16(2)8-11-4-3-7-17-9-11/h5-6,11H,3-4,7-9,14H2,1-2H3. The number of rotatable bonds is 3. The van der Waals surface area contributed by atoms with Crippen molar-refractivity contribution in [2.75, 3.05) is 37.4 Å². The molecule has 4 heteroatoms. The highest BCUT2D eigenvalue weighted by Crippen LogP contribution is 2.22. The second kappa shape index (κ2) is 5.36. The molecular formula is C13H21N3O. The van der Waals surface area contributed by atoms with Gasteiger partial charge in [-0.25, -0.2) is 4.98 Å². The molecule has 0 saturated carbocycles. The van der Waals surface area contributed by atoms with Crippen molar-refractivity contribution in [3.05, 3.63) is 17.8 Å². The molecule has 0 radical (unpaired) electrons. The number of nitrogens with zero attached hydrogens (tertiary/aromatic N) is 2. The van der Waals surface area contributed by atoms with Crippen LogP contribution in [0.1, 0.15) is 18.5 Å². The third kappa shape index (κ3) is 3.09. The van der Waals surface area contributed by atoms with Gasteiger partial charge < -0.3 is 15.4 Å². The smallest absolute Gasteiger partial charge is 0.151 e. The molecule has 2 N–H and O–H groups in total. The van der Waals surface area contributed by atoms with Gasteiger partial charge in [-0.15, -0.1) is 0 Å². The molecular weight excluding hydrogens is 214 g/mol. The highest BCUT2D eigenvalue weighted by molar-refractivity contribution is 5.62. The Bertz CT molecular complexity index is 375.